The zero-order valence-corrected chi connectivity index (χ0v) is 14.9. The fraction of sp³-hybridized carbons (Fsp3) is 0.545. The van der Waals surface area contributed by atoms with Gasteiger partial charge in [0.15, 0.2) is 0 Å². The molecule has 0 aliphatic heterocycles. The number of ether oxygens (including phenoxy) is 2. The Labute approximate surface area is 142 Å². The Morgan fingerprint density at radius 3 is 2.13 bits per heavy atom. The molecule has 0 saturated heterocycles. The van der Waals surface area contributed by atoms with Gasteiger partial charge < -0.3 is 14.3 Å². The van der Waals surface area contributed by atoms with Crippen LogP contribution >= 0.6 is 15.9 Å². The van der Waals surface area contributed by atoms with E-state index < -0.39 is 37.7 Å². The molecule has 1 unspecified atom stereocenters. The van der Waals surface area contributed by atoms with E-state index in [-0.39, 0.29) is 31.2 Å². The summed E-state index contributed by atoms with van der Waals surface area (Å²) in [6, 6.07) is 0. The molecule has 0 aromatic carbocycles. The molecule has 0 amide bonds. The molecular weight excluding hydrogens is 420 g/mol. The van der Waals surface area contributed by atoms with E-state index in [2.05, 4.69) is 15.9 Å². The summed E-state index contributed by atoms with van der Waals surface area (Å²) in [4.78, 5) is 11.0. The van der Waals surface area contributed by atoms with E-state index >= 15 is 0 Å². The second-order valence-corrected chi connectivity index (χ2v) is 8.48. The van der Waals surface area contributed by atoms with Crippen molar-refractivity contribution in [3.63, 3.8) is 0 Å². The van der Waals surface area contributed by atoms with Gasteiger partial charge in [-0.15, -0.1) is 0 Å². The quantitative estimate of drug-likeness (QED) is 0.391. The predicted octanol–water partition coefficient (Wildman–Crippen LogP) is 0.504. The van der Waals surface area contributed by atoms with Crippen LogP contribution in [0.5, 0.6) is 0 Å². The molecule has 2 N–H and O–H groups in total. The molecular formula is C11H15BrO9S2. The third-order valence-corrected chi connectivity index (χ3v) is 4.84. The number of aldehydes is 1. The summed E-state index contributed by atoms with van der Waals surface area (Å²) in [6.45, 7) is -0.670. The largest absolute Gasteiger partial charge is 0.495 e. The number of carbonyl (C=O) groups is 1. The Kier molecular flexibility index (Phi) is 7.20. The highest BCUT2D eigenvalue weighted by atomic mass is 79.9. The SMILES string of the molecule is O=CC1C=C(OCCS(=O)(=O)O)C(Br)=C(OCCS(=O)(=O)O)C1. The van der Waals surface area contributed by atoms with Crippen molar-refractivity contribution in [3.8, 4) is 0 Å². The topological polar surface area (TPSA) is 144 Å². The number of carbonyl (C=O) groups excluding carboxylic acids is 1. The normalized spacial score (nSPS) is 19.3. The number of hydrogen-bond donors (Lipinski definition) is 2. The van der Waals surface area contributed by atoms with E-state index in [0.717, 1.165) is 0 Å². The highest BCUT2D eigenvalue weighted by Crippen LogP contribution is 2.33. The highest BCUT2D eigenvalue weighted by molar-refractivity contribution is 9.12. The number of allylic oxidation sites excluding steroid dienone is 3. The third-order valence-electron chi connectivity index (χ3n) is 2.64. The van der Waals surface area contributed by atoms with Crippen LogP contribution in [0, 0.1) is 5.92 Å². The smallest absolute Gasteiger partial charge is 0.268 e. The molecule has 1 atom stereocenters. The van der Waals surface area contributed by atoms with Crippen molar-refractivity contribution in [1.29, 1.82) is 0 Å². The maximum absolute atomic E-state index is 11.0. The molecule has 23 heavy (non-hydrogen) atoms. The van der Waals surface area contributed by atoms with Crippen molar-refractivity contribution >= 4 is 42.5 Å². The van der Waals surface area contributed by atoms with Crippen LogP contribution in [0.25, 0.3) is 0 Å². The number of rotatable bonds is 9. The van der Waals surface area contributed by atoms with E-state index in [0.29, 0.717) is 10.8 Å². The molecule has 0 radical (unpaired) electrons. The fourth-order valence-corrected chi connectivity index (χ4v) is 2.73. The van der Waals surface area contributed by atoms with Crippen molar-refractivity contribution in [2.45, 2.75) is 6.42 Å². The lowest BCUT2D eigenvalue weighted by atomic mass is 10.00. The molecule has 132 valence electrons. The van der Waals surface area contributed by atoms with Crippen molar-refractivity contribution in [2.75, 3.05) is 24.7 Å². The zero-order chi connectivity index (χ0) is 17.7. The lowest BCUT2D eigenvalue weighted by molar-refractivity contribution is -0.110. The van der Waals surface area contributed by atoms with Gasteiger partial charge in [0.2, 0.25) is 0 Å². The van der Waals surface area contributed by atoms with E-state index in [4.69, 9.17) is 18.6 Å². The maximum Gasteiger partial charge on any atom is 0.268 e. The van der Waals surface area contributed by atoms with Crippen LogP contribution in [0.1, 0.15) is 6.42 Å². The first-order chi connectivity index (χ1) is 10.5. The van der Waals surface area contributed by atoms with Crippen molar-refractivity contribution in [3.05, 3.63) is 22.1 Å². The van der Waals surface area contributed by atoms with Gasteiger partial charge in [-0.1, -0.05) is 0 Å². The molecule has 1 aliphatic carbocycles. The van der Waals surface area contributed by atoms with Gasteiger partial charge in [0.05, 0.1) is 4.48 Å². The molecule has 12 heteroatoms. The first-order valence-electron chi connectivity index (χ1n) is 6.24. The highest BCUT2D eigenvalue weighted by Gasteiger charge is 2.24. The lowest BCUT2D eigenvalue weighted by Crippen LogP contribution is -2.17. The first kappa shape index (κ1) is 20.1. The van der Waals surface area contributed by atoms with Crippen molar-refractivity contribution in [1.82, 2.24) is 0 Å². The van der Waals surface area contributed by atoms with Crippen LogP contribution < -0.4 is 0 Å². The first-order valence-corrected chi connectivity index (χ1v) is 10.2. The van der Waals surface area contributed by atoms with Gasteiger partial charge >= 0.3 is 0 Å². The molecule has 0 aromatic rings. The van der Waals surface area contributed by atoms with Crippen LogP contribution in [0.2, 0.25) is 0 Å². The van der Waals surface area contributed by atoms with Gasteiger partial charge in [-0.25, -0.2) is 0 Å². The molecule has 0 heterocycles. The Hall–Kier alpha value is -0.950. The summed E-state index contributed by atoms with van der Waals surface area (Å²) in [5, 5.41) is 0. The minimum atomic E-state index is -4.18. The van der Waals surface area contributed by atoms with Crippen LogP contribution in [0.4, 0.5) is 0 Å². The summed E-state index contributed by atoms with van der Waals surface area (Å²) in [7, 11) is -8.36. The van der Waals surface area contributed by atoms with Crippen LogP contribution in [-0.4, -0.2) is 56.9 Å². The average molecular weight is 435 g/mol. The second-order valence-electron chi connectivity index (χ2n) is 4.54. The van der Waals surface area contributed by atoms with E-state index in [1.54, 1.807) is 0 Å². The standard InChI is InChI=1S/C11H15BrO9S2/c12-11-9(20-1-3-22(14,15)16)5-8(7-13)6-10(11)21-2-4-23(17,18)19/h5,7-8H,1-4,6H2,(H,14,15,16)(H,17,18,19). The minimum Gasteiger partial charge on any atom is -0.495 e. The summed E-state index contributed by atoms with van der Waals surface area (Å²) in [5.41, 5.74) is 0. The summed E-state index contributed by atoms with van der Waals surface area (Å²) in [5.74, 6) is -1.48. The molecule has 1 rings (SSSR count). The molecule has 0 bridgehead atoms. The predicted molar refractivity (Wildman–Crippen MR) is 82.9 cm³/mol. The summed E-state index contributed by atoms with van der Waals surface area (Å²) in [6.07, 6.45) is 2.22. The average Bonchev–Trinajstić information content (AvgIpc) is 2.39. The number of hydrogen-bond acceptors (Lipinski definition) is 7. The van der Waals surface area contributed by atoms with Gasteiger partial charge in [-0.3, -0.25) is 9.11 Å². The van der Waals surface area contributed by atoms with Gasteiger partial charge in [0.25, 0.3) is 20.2 Å². The monoisotopic (exact) mass is 434 g/mol. The molecule has 9 nitrogen and oxygen atoms in total. The van der Waals surface area contributed by atoms with E-state index in [1.807, 2.05) is 0 Å². The zero-order valence-electron chi connectivity index (χ0n) is 11.7. The second kappa shape index (κ2) is 8.24. The Balaban J connectivity index is 2.77. The van der Waals surface area contributed by atoms with Crippen molar-refractivity contribution in [2.24, 2.45) is 5.92 Å². The Bertz CT molecular complexity index is 706. The van der Waals surface area contributed by atoms with Crippen molar-refractivity contribution < 1.29 is 40.2 Å². The maximum atomic E-state index is 11.0. The Morgan fingerprint density at radius 1 is 1.13 bits per heavy atom. The van der Waals surface area contributed by atoms with E-state index in [1.165, 1.54) is 6.08 Å². The van der Waals surface area contributed by atoms with Gasteiger partial charge in [0.1, 0.15) is 42.5 Å². The molecule has 1 aliphatic rings. The van der Waals surface area contributed by atoms with Crippen LogP contribution in [0.15, 0.2) is 22.1 Å². The third kappa shape index (κ3) is 7.92. The Morgan fingerprint density at radius 2 is 1.65 bits per heavy atom. The van der Waals surface area contributed by atoms with Gasteiger partial charge in [-0.2, -0.15) is 16.8 Å². The molecule has 0 fully saturated rings. The summed E-state index contributed by atoms with van der Waals surface area (Å²) >= 11 is 3.16. The minimum absolute atomic E-state index is 0.138. The lowest BCUT2D eigenvalue weighted by Gasteiger charge is -2.22. The molecule has 0 spiro atoms. The molecule has 0 aromatic heterocycles. The van der Waals surface area contributed by atoms with Gasteiger partial charge in [-0.05, 0) is 22.0 Å². The van der Waals surface area contributed by atoms with Crippen LogP contribution in [0.3, 0.4) is 0 Å². The fourth-order valence-electron chi connectivity index (χ4n) is 1.62. The van der Waals surface area contributed by atoms with Crippen LogP contribution in [-0.2, 0) is 34.5 Å². The summed E-state index contributed by atoms with van der Waals surface area (Å²) < 4.78 is 70.6. The van der Waals surface area contributed by atoms with E-state index in [9.17, 15) is 21.6 Å². The number of halogens is 1. The molecule has 0 saturated carbocycles. The van der Waals surface area contributed by atoms with Gasteiger partial charge in [0, 0.05) is 12.3 Å².